The molecule has 0 atom stereocenters. The van der Waals surface area contributed by atoms with Crippen LogP contribution in [0.2, 0.25) is 0 Å². The Balaban J connectivity index is 2.02. The molecule has 1 aromatic carbocycles. The second-order valence-corrected chi connectivity index (χ2v) is 4.60. The quantitative estimate of drug-likeness (QED) is 0.619. The molecule has 3 aromatic heterocycles. The monoisotopic (exact) mass is 280 g/mol. The third kappa shape index (κ3) is 1.86. The van der Waals surface area contributed by atoms with Gasteiger partial charge in [0, 0.05) is 12.7 Å². The second-order valence-electron chi connectivity index (χ2n) is 4.60. The third-order valence-electron chi connectivity index (χ3n) is 3.23. The number of nitrogens with zero attached hydrogens (tertiary/aromatic N) is 5. The molecule has 0 aliphatic carbocycles. The minimum atomic E-state index is 0.344. The lowest BCUT2D eigenvalue weighted by molar-refractivity contribution is 0.176. The zero-order valence-electron chi connectivity index (χ0n) is 11.3. The van der Waals surface area contributed by atoms with Crippen LogP contribution in [-0.4, -0.2) is 36.7 Å². The minimum Gasteiger partial charge on any atom is -0.377 e. The van der Waals surface area contributed by atoms with Gasteiger partial charge in [0.15, 0.2) is 22.9 Å². The summed E-state index contributed by atoms with van der Waals surface area (Å²) in [6.45, 7) is 0.344. The molecule has 0 aliphatic heterocycles. The standard InChI is InChI=1S/C14H12N6O/c1-21-7-10-17-13-11(15-8-16-13)14-18-12(19-20(10)14)9-5-3-2-4-6-9/h2-6,8H,7H2,1H3,(H,15,16). The summed E-state index contributed by atoms with van der Waals surface area (Å²) in [5.41, 5.74) is 3.03. The zero-order chi connectivity index (χ0) is 14.2. The number of methoxy groups -OCH3 is 1. The maximum Gasteiger partial charge on any atom is 0.185 e. The van der Waals surface area contributed by atoms with Crippen molar-refractivity contribution >= 4 is 16.8 Å². The second kappa shape index (κ2) is 4.64. The summed E-state index contributed by atoms with van der Waals surface area (Å²) < 4.78 is 6.89. The smallest absolute Gasteiger partial charge is 0.185 e. The van der Waals surface area contributed by atoms with Crippen molar-refractivity contribution in [3.8, 4) is 11.4 Å². The fourth-order valence-electron chi connectivity index (χ4n) is 2.29. The van der Waals surface area contributed by atoms with Crippen molar-refractivity contribution in [2.24, 2.45) is 0 Å². The van der Waals surface area contributed by atoms with Crippen LogP contribution in [0.15, 0.2) is 36.7 Å². The van der Waals surface area contributed by atoms with Crippen LogP contribution in [0, 0.1) is 0 Å². The molecule has 7 heteroatoms. The van der Waals surface area contributed by atoms with Crippen LogP contribution in [0.25, 0.3) is 28.2 Å². The first-order chi connectivity index (χ1) is 10.4. The summed E-state index contributed by atoms with van der Waals surface area (Å²) in [4.78, 5) is 16.3. The molecule has 0 bridgehead atoms. The molecular weight excluding hydrogens is 268 g/mol. The summed E-state index contributed by atoms with van der Waals surface area (Å²) in [6.07, 6.45) is 1.60. The number of hydrogen-bond donors (Lipinski definition) is 1. The number of H-pyrrole nitrogens is 1. The first-order valence-electron chi connectivity index (χ1n) is 6.50. The minimum absolute atomic E-state index is 0.344. The van der Waals surface area contributed by atoms with Crippen LogP contribution in [-0.2, 0) is 11.3 Å². The number of aromatic nitrogens is 6. The maximum absolute atomic E-state index is 5.19. The van der Waals surface area contributed by atoms with Gasteiger partial charge in [-0.2, -0.15) is 4.52 Å². The molecule has 3 heterocycles. The van der Waals surface area contributed by atoms with Crippen molar-refractivity contribution < 1.29 is 4.74 Å². The van der Waals surface area contributed by atoms with Gasteiger partial charge in [-0.15, -0.1) is 5.10 Å². The Hall–Kier alpha value is -2.80. The van der Waals surface area contributed by atoms with Crippen molar-refractivity contribution in [2.75, 3.05) is 7.11 Å². The molecule has 0 saturated heterocycles. The van der Waals surface area contributed by atoms with Crippen LogP contribution >= 0.6 is 0 Å². The van der Waals surface area contributed by atoms with E-state index in [0.717, 1.165) is 11.1 Å². The van der Waals surface area contributed by atoms with E-state index in [4.69, 9.17) is 4.74 Å². The molecule has 0 fully saturated rings. The van der Waals surface area contributed by atoms with Crippen LogP contribution in [0.4, 0.5) is 0 Å². The number of aromatic amines is 1. The lowest BCUT2D eigenvalue weighted by atomic mass is 10.2. The highest BCUT2D eigenvalue weighted by Crippen LogP contribution is 2.20. The molecule has 0 aliphatic rings. The van der Waals surface area contributed by atoms with Gasteiger partial charge in [0.1, 0.15) is 12.1 Å². The fourth-order valence-corrected chi connectivity index (χ4v) is 2.29. The Morgan fingerprint density at radius 3 is 2.86 bits per heavy atom. The van der Waals surface area contributed by atoms with Gasteiger partial charge in [-0.3, -0.25) is 0 Å². The number of rotatable bonds is 3. The number of imidazole rings is 1. The van der Waals surface area contributed by atoms with Gasteiger partial charge in [-0.25, -0.2) is 15.0 Å². The van der Waals surface area contributed by atoms with Crippen LogP contribution in [0.5, 0.6) is 0 Å². The molecular formula is C14H12N6O. The van der Waals surface area contributed by atoms with Gasteiger partial charge in [0.05, 0.1) is 6.33 Å². The predicted octanol–water partition coefficient (Wildman–Crippen LogP) is 1.81. The number of hydrogen-bond acceptors (Lipinski definition) is 5. The van der Waals surface area contributed by atoms with Gasteiger partial charge in [-0.1, -0.05) is 30.3 Å². The Morgan fingerprint density at radius 2 is 2.05 bits per heavy atom. The summed E-state index contributed by atoms with van der Waals surface area (Å²) in [6, 6.07) is 9.83. The van der Waals surface area contributed by atoms with E-state index in [0.29, 0.717) is 29.6 Å². The highest BCUT2D eigenvalue weighted by Gasteiger charge is 2.15. The van der Waals surface area contributed by atoms with Gasteiger partial charge in [0.25, 0.3) is 0 Å². The van der Waals surface area contributed by atoms with Gasteiger partial charge >= 0.3 is 0 Å². The highest BCUT2D eigenvalue weighted by molar-refractivity contribution is 5.85. The zero-order valence-corrected chi connectivity index (χ0v) is 11.3. The Labute approximate surface area is 119 Å². The van der Waals surface area contributed by atoms with Crippen molar-refractivity contribution in [3.63, 3.8) is 0 Å². The van der Waals surface area contributed by atoms with Crippen LogP contribution in [0.3, 0.4) is 0 Å². The van der Waals surface area contributed by atoms with E-state index in [2.05, 4.69) is 25.0 Å². The fraction of sp³-hybridized carbons (Fsp3) is 0.143. The Kier molecular flexibility index (Phi) is 2.65. The van der Waals surface area contributed by atoms with E-state index in [1.165, 1.54) is 0 Å². The third-order valence-corrected chi connectivity index (χ3v) is 3.23. The Bertz CT molecular complexity index is 911. The van der Waals surface area contributed by atoms with E-state index >= 15 is 0 Å². The molecule has 104 valence electrons. The number of benzene rings is 1. The molecule has 0 amide bonds. The highest BCUT2D eigenvalue weighted by atomic mass is 16.5. The topological polar surface area (TPSA) is 81.0 Å². The SMILES string of the molecule is COCc1nc2nc[nH]c2c2nc(-c3ccccc3)nn12. The normalized spacial score (nSPS) is 11.5. The average molecular weight is 280 g/mol. The predicted molar refractivity (Wildman–Crippen MR) is 76.6 cm³/mol. The van der Waals surface area contributed by atoms with Crippen LogP contribution < -0.4 is 0 Å². The molecule has 4 rings (SSSR count). The van der Waals surface area contributed by atoms with Crippen LogP contribution in [0.1, 0.15) is 5.82 Å². The van der Waals surface area contributed by atoms with E-state index in [1.54, 1.807) is 18.0 Å². The lowest BCUT2D eigenvalue weighted by Gasteiger charge is -2.01. The summed E-state index contributed by atoms with van der Waals surface area (Å²) in [7, 11) is 1.62. The molecule has 4 aromatic rings. The van der Waals surface area contributed by atoms with Crippen molar-refractivity contribution in [3.05, 3.63) is 42.5 Å². The van der Waals surface area contributed by atoms with Crippen molar-refractivity contribution in [2.45, 2.75) is 6.61 Å². The molecule has 1 N–H and O–H groups in total. The first-order valence-corrected chi connectivity index (χ1v) is 6.50. The van der Waals surface area contributed by atoms with Gasteiger partial charge < -0.3 is 9.72 Å². The van der Waals surface area contributed by atoms with Crippen molar-refractivity contribution in [1.29, 1.82) is 0 Å². The number of ether oxygens (including phenoxy) is 1. The van der Waals surface area contributed by atoms with E-state index in [9.17, 15) is 0 Å². The first kappa shape index (κ1) is 12.0. The maximum atomic E-state index is 5.19. The molecule has 0 saturated carbocycles. The molecule has 0 radical (unpaired) electrons. The molecule has 0 unspecified atom stereocenters. The largest absolute Gasteiger partial charge is 0.377 e. The number of nitrogens with one attached hydrogen (secondary N) is 1. The van der Waals surface area contributed by atoms with E-state index < -0.39 is 0 Å². The number of fused-ring (bicyclic) bond motifs is 3. The molecule has 7 nitrogen and oxygen atoms in total. The molecule has 21 heavy (non-hydrogen) atoms. The van der Waals surface area contributed by atoms with E-state index in [-0.39, 0.29) is 0 Å². The lowest BCUT2D eigenvalue weighted by Crippen LogP contribution is -2.04. The van der Waals surface area contributed by atoms with Crippen molar-refractivity contribution in [1.82, 2.24) is 29.5 Å². The summed E-state index contributed by atoms with van der Waals surface area (Å²) >= 11 is 0. The van der Waals surface area contributed by atoms with Gasteiger partial charge in [-0.05, 0) is 0 Å². The summed E-state index contributed by atoms with van der Waals surface area (Å²) in [5, 5.41) is 4.55. The van der Waals surface area contributed by atoms with Gasteiger partial charge in [0.2, 0.25) is 0 Å². The average Bonchev–Trinajstić information content (AvgIpc) is 3.14. The molecule has 0 spiro atoms. The Morgan fingerprint density at radius 1 is 1.19 bits per heavy atom. The summed E-state index contributed by atoms with van der Waals surface area (Å²) in [5.74, 6) is 1.32. The van der Waals surface area contributed by atoms with E-state index in [1.807, 2.05) is 30.3 Å².